The van der Waals surface area contributed by atoms with Crippen LogP contribution >= 0.6 is 0 Å². The maximum absolute atomic E-state index is 5.99. The van der Waals surface area contributed by atoms with Crippen molar-refractivity contribution in [2.45, 2.75) is 38.6 Å². The van der Waals surface area contributed by atoms with Gasteiger partial charge in [-0.15, -0.1) is 0 Å². The number of benzene rings is 1. The highest BCUT2D eigenvalue weighted by Crippen LogP contribution is 2.42. The number of hydrogen-bond acceptors (Lipinski definition) is 2. The van der Waals surface area contributed by atoms with Crippen LogP contribution in [0, 0.1) is 5.92 Å². The molecule has 1 saturated carbocycles. The van der Waals surface area contributed by atoms with Gasteiger partial charge in [0.2, 0.25) is 0 Å². The number of fused-ring (bicyclic) bond motifs is 1. The lowest BCUT2D eigenvalue weighted by atomic mass is 10.0. The summed E-state index contributed by atoms with van der Waals surface area (Å²) in [6.45, 7) is 4.45. The molecule has 0 saturated heterocycles. The standard InChI is InChI=1S/C16H21NO/c1-10(2)12-6-7-14-13(8-12)9-15(18-14)16(17-3)11-4-5-11/h6-11,16-17H,4-5H2,1-3H3. The first-order valence-corrected chi connectivity index (χ1v) is 6.89. The van der Waals surface area contributed by atoms with Crippen molar-refractivity contribution in [1.29, 1.82) is 0 Å². The van der Waals surface area contributed by atoms with Gasteiger partial charge in [0.05, 0.1) is 6.04 Å². The van der Waals surface area contributed by atoms with E-state index in [1.807, 2.05) is 7.05 Å². The van der Waals surface area contributed by atoms with Crippen LogP contribution < -0.4 is 5.32 Å². The zero-order valence-corrected chi connectivity index (χ0v) is 11.4. The Hall–Kier alpha value is -1.28. The second-order valence-electron chi connectivity index (χ2n) is 5.70. The van der Waals surface area contributed by atoms with Crippen LogP contribution in [0.1, 0.15) is 50.0 Å². The Morgan fingerprint density at radius 3 is 2.61 bits per heavy atom. The predicted molar refractivity (Wildman–Crippen MR) is 74.8 cm³/mol. The first kappa shape index (κ1) is 11.8. The Morgan fingerprint density at radius 1 is 1.22 bits per heavy atom. The molecule has 0 aliphatic heterocycles. The van der Waals surface area contributed by atoms with Gasteiger partial charge in [-0.2, -0.15) is 0 Å². The number of nitrogens with one attached hydrogen (secondary N) is 1. The first-order chi connectivity index (χ1) is 8.69. The summed E-state index contributed by atoms with van der Waals surface area (Å²) in [4.78, 5) is 0. The highest BCUT2D eigenvalue weighted by Gasteiger charge is 2.33. The van der Waals surface area contributed by atoms with Crippen molar-refractivity contribution in [3.63, 3.8) is 0 Å². The third-order valence-corrected chi connectivity index (χ3v) is 3.94. The fraction of sp³-hybridized carbons (Fsp3) is 0.500. The van der Waals surface area contributed by atoms with Crippen LogP contribution in [0.15, 0.2) is 28.7 Å². The highest BCUT2D eigenvalue weighted by molar-refractivity contribution is 5.79. The summed E-state index contributed by atoms with van der Waals surface area (Å²) >= 11 is 0. The lowest BCUT2D eigenvalue weighted by Crippen LogP contribution is -2.17. The largest absolute Gasteiger partial charge is 0.459 e. The molecule has 1 aliphatic rings. The Bertz CT molecular complexity index is 551. The van der Waals surface area contributed by atoms with Gasteiger partial charge in [0, 0.05) is 5.39 Å². The molecular formula is C16H21NO. The van der Waals surface area contributed by atoms with Crippen LogP contribution in [0.2, 0.25) is 0 Å². The second-order valence-corrected chi connectivity index (χ2v) is 5.70. The van der Waals surface area contributed by atoms with E-state index in [0.717, 1.165) is 17.3 Å². The summed E-state index contributed by atoms with van der Waals surface area (Å²) in [5.74, 6) is 2.42. The zero-order valence-electron chi connectivity index (χ0n) is 11.4. The third-order valence-electron chi connectivity index (χ3n) is 3.94. The van der Waals surface area contributed by atoms with Crippen molar-refractivity contribution >= 4 is 11.0 Å². The monoisotopic (exact) mass is 243 g/mol. The summed E-state index contributed by atoms with van der Waals surface area (Å²) in [6, 6.07) is 9.13. The minimum atomic E-state index is 0.389. The van der Waals surface area contributed by atoms with Crippen LogP contribution in [0.3, 0.4) is 0 Å². The van der Waals surface area contributed by atoms with Crippen molar-refractivity contribution in [3.8, 4) is 0 Å². The van der Waals surface area contributed by atoms with E-state index in [9.17, 15) is 0 Å². The molecule has 1 atom stereocenters. The lowest BCUT2D eigenvalue weighted by Gasteiger charge is -2.11. The zero-order chi connectivity index (χ0) is 12.7. The van der Waals surface area contributed by atoms with Gasteiger partial charge < -0.3 is 9.73 Å². The third kappa shape index (κ3) is 2.05. The first-order valence-electron chi connectivity index (χ1n) is 6.89. The molecule has 1 aromatic heterocycles. The molecule has 2 nitrogen and oxygen atoms in total. The maximum Gasteiger partial charge on any atom is 0.134 e. The molecule has 3 rings (SSSR count). The van der Waals surface area contributed by atoms with E-state index in [1.54, 1.807) is 0 Å². The molecule has 1 unspecified atom stereocenters. The fourth-order valence-corrected chi connectivity index (χ4v) is 2.63. The topological polar surface area (TPSA) is 25.2 Å². The van der Waals surface area contributed by atoms with Gasteiger partial charge in [-0.3, -0.25) is 0 Å². The van der Waals surface area contributed by atoms with Crippen molar-refractivity contribution in [2.75, 3.05) is 7.05 Å². The lowest BCUT2D eigenvalue weighted by molar-refractivity contribution is 0.419. The SMILES string of the molecule is CNC(c1cc2cc(C(C)C)ccc2o1)C1CC1. The molecule has 0 spiro atoms. The molecule has 1 N–H and O–H groups in total. The summed E-state index contributed by atoms with van der Waals surface area (Å²) < 4.78 is 5.99. The Morgan fingerprint density at radius 2 is 2.00 bits per heavy atom. The molecule has 0 bridgehead atoms. The van der Waals surface area contributed by atoms with Crippen LogP contribution in [-0.2, 0) is 0 Å². The van der Waals surface area contributed by atoms with E-state index in [2.05, 4.69) is 43.4 Å². The minimum Gasteiger partial charge on any atom is -0.459 e. The fourth-order valence-electron chi connectivity index (χ4n) is 2.63. The molecule has 2 heteroatoms. The van der Waals surface area contributed by atoms with Crippen LogP contribution in [-0.4, -0.2) is 7.05 Å². The van der Waals surface area contributed by atoms with Crippen molar-refractivity contribution in [3.05, 3.63) is 35.6 Å². The Labute approximate surface area is 108 Å². The second kappa shape index (κ2) is 4.43. The molecular weight excluding hydrogens is 222 g/mol. The Kier molecular flexibility index (Phi) is 2.90. The molecule has 0 amide bonds. The number of hydrogen-bond donors (Lipinski definition) is 1. The van der Waals surface area contributed by atoms with Gasteiger partial charge in [-0.25, -0.2) is 0 Å². The molecule has 96 valence electrons. The van der Waals surface area contributed by atoms with Gasteiger partial charge in [0.25, 0.3) is 0 Å². The average molecular weight is 243 g/mol. The highest BCUT2D eigenvalue weighted by atomic mass is 16.3. The summed E-state index contributed by atoms with van der Waals surface area (Å²) in [5, 5.41) is 4.62. The van der Waals surface area contributed by atoms with E-state index in [-0.39, 0.29) is 0 Å². The van der Waals surface area contributed by atoms with Gasteiger partial charge in [-0.05, 0) is 55.5 Å². The summed E-state index contributed by atoms with van der Waals surface area (Å²) in [5.41, 5.74) is 2.39. The molecule has 18 heavy (non-hydrogen) atoms. The van der Waals surface area contributed by atoms with Crippen molar-refractivity contribution in [2.24, 2.45) is 5.92 Å². The van der Waals surface area contributed by atoms with Crippen LogP contribution in [0.4, 0.5) is 0 Å². The van der Waals surface area contributed by atoms with E-state index in [1.165, 1.54) is 23.8 Å². The summed E-state index contributed by atoms with van der Waals surface area (Å²) in [6.07, 6.45) is 2.64. The molecule has 0 radical (unpaired) electrons. The number of rotatable bonds is 4. The van der Waals surface area contributed by atoms with E-state index in [4.69, 9.17) is 4.42 Å². The molecule has 2 aromatic rings. The van der Waals surface area contributed by atoms with Gasteiger partial charge in [-0.1, -0.05) is 19.9 Å². The smallest absolute Gasteiger partial charge is 0.134 e. The molecule has 1 heterocycles. The summed E-state index contributed by atoms with van der Waals surface area (Å²) in [7, 11) is 2.02. The van der Waals surface area contributed by atoms with Crippen LogP contribution in [0.25, 0.3) is 11.0 Å². The van der Waals surface area contributed by atoms with E-state index in [0.29, 0.717) is 12.0 Å². The van der Waals surface area contributed by atoms with Crippen molar-refractivity contribution < 1.29 is 4.42 Å². The van der Waals surface area contributed by atoms with Crippen molar-refractivity contribution in [1.82, 2.24) is 5.32 Å². The minimum absolute atomic E-state index is 0.389. The predicted octanol–water partition coefficient (Wildman–Crippen LogP) is 4.23. The maximum atomic E-state index is 5.99. The van der Waals surface area contributed by atoms with E-state index >= 15 is 0 Å². The number of furan rings is 1. The molecule has 1 aliphatic carbocycles. The molecule has 1 fully saturated rings. The Balaban J connectivity index is 1.99. The average Bonchev–Trinajstić information content (AvgIpc) is 3.08. The normalized spacial score (nSPS) is 17.6. The molecule has 1 aromatic carbocycles. The van der Waals surface area contributed by atoms with Crippen LogP contribution in [0.5, 0.6) is 0 Å². The quantitative estimate of drug-likeness (QED) is 0.869. The van der Waals surface area contributed by atoms with Gasteiger partial charge in [0.15, 0.2) is 0 Å². The van der Waals surface area contributed by atoms with Gasteiger partial charge >= 0.3 is 0 Å². The van der Waals surface area contributed by atoms with Gasteiger partial charge in [0.1, 0.15) is 11.3 Å². The van der Waals surface area contributed by atoms with E-state index < -0.39 is 0 Å².